The summed E-state index contributed by atoms with van der Waals surface area (Å²) in [7, 11) is 1.11. The van der Waals surface area contributed by atoms with Gasteiger partial charge in [-0.15, -0.1) is 0 Å². The van der Waals surface area contributed by atoms with E-state index in [1.165, 1.54) is 44.9 Å². The minimum Gasteiger partial charge on any atom is -0.756 e. The number of carbonyl (C=O) groups is 2. The molecule has 3 unspecified atom stereocenters. The minimum atomic E-state index is -4.72. The summed E-state index contributed by atoms with van der Waals surface area (Å²) >= 11 is 0. The summed E-state index contributed by atoms with van der Waals surface area (Å²) in [5, 5.41) is 2.97. The second-order valence-electron chi connectivity index (χ2n) is 18.4. The largest absolute Gasteiger partial charge is 0.756 e. The normalized spacial score (nSPS) is 14.9. The van der Waals surface area contributed by atoms with Gasteiger partial charge in [-0.05, 0) is 83.1 Å². The average molecular weight is 965 g/mol. The number of quaternary nitrogens is 1. The van der Waals surface area contributed by atoms with Crippen LogP contribution in [0, 0.1) is 0 Å². The standard InChI is InChI=1S/C58H97N2O7P/c1-7-10-13-16-19-22-25-27-29-30-31-32-35-38-41-44-47-50-57(61)59-55(54-66-68(63,64)65-53-52-60(4,5)6)56(49-46-43-40-37-34-24-21-18-15-12-9-3)67-58(62)51-48-45-42-39-36-33-28-26-23-20-17-14-11-8-2/h10-11,13-14,16,19-20,22-23,25,27-33,35,46,49,55-56H,7-9,12,15,17-18,21,24,26,34,36-45,47-48,50-54H2,1-6H3,(H-,59,61,63,64)/b13-10-,14-11+,19-16+,23-20+,25-22+,29-27-,31-30+,33-28+,35-32+,49-46+. The average Bonchev–Trinajstić information content (AvgIpc) is 3.29. The van der Waals surface area contributed by atoms with Gasteiger partial charge >= 0.3 is 5.97 Å². The van der Waals surface area contributed by atoms with Gasteiger partial charge in [0.2, 0.25) is 5.91 Å². The molecule has 0 rings (SSSR count). The fourth-order valence-corrected chi connectivity index (χ4v) is 7.46. The number of carbonyl (C=O) groups excluding carboxylic acids is 2. The summed E-state index contributed by atoms with van der Waals surface area (Å²) in [5.74, 6) is -0.633. The van der Waals surface area contributed by atoms with Crippen LogP contribution in [0.2, 0.25) is 0 Å². The Balaban J connectivity index is 5.54. The molecule has 68 heavy (non-hydrogen) atoms. The molecule has 0 aromatic rings. The lowest BCUT2D eigenvalue weighted by Gasteiger charge is -2.30. The van der Waals surface area contributed by atoms with Gasteiger partial charge in [-0.25, -0.2) is 0 Å². The Kier molecular flexibility index (Phi) is 44.6. The second-order valence-corrected chi connectivity index (χ2v) is 19.8. The Morgan fingerprint density at radius 1 is 0.544 bits per heavy atom. The number of rotatable bonds is 45. The lowest BCUT2D eigenvalue weighted by Crippen LogP contribution is -2.47. The third-order valence-electron chi connectivity index (χ3n) is 10.8. The highest BCUT2D eigenvalue weighted by Crippen LogP contribution is 2.38. The van der Waals surface area contributed by atoms with Gasteiger partial charge in [-0.1, -0.05) is 207 Å². The third-order valence-corrected chi connectivity index (χ3v) is 11.8. The zero-order valence-electron chi connectivity index (χ0n) is 43.8. The second kappa shape index (κ2) is 47.1. The molecule has 0 saturated carbocycles. The van der Waals surface area contributed by atoms with Crippen LogP contribution >= 0.6 is 7.82 Å². The third kappa shape index (κ3) is 47.5. The van der Waals surface area contributed by atoms with E-state index in [1.807, 2.05) is 88.0 Å². The quantitative estimate of drug-likeness (QED) is 0.0161. The lowest BCUT2D eigenvalue weighted by atomic mass is 10.1. The van der Waals surface area contributed by atoms with Crippen molar-refractivity contribution in [1.82, 2.24) is 5.32 Å². The van der Waals surface area contributed by atoms with Gasteiger partial charge in [0.05, 0.1) is 33.8 Å². The van der Waals surface area contributed by atoms with Gasteiger partial charge in [0, 0.05) is 12.8 Å². The highest BCUT2D eigenvalue weighted by molar-refractivity contribution is 7.45. The molecule has 0 fully saturated rings. The topological polar surface area (TPSA) is 114 Å². The monoisotopic (exact) mass is 965 g/mol. The number of nitrogens with one attached hydrogen (secondary N) is 1. The van der Waals surface area contributed by atoms with Gasteiger partial charge in [-0.2, -0.15) is 0 Å². The minimum absolute atomic E-state index is 0.0427. The van der Waals surface area contributed by atoms with E-state index in [9.17, 15) is 19.0 Å². The molecule has 0 bridgehead atoms. The summed E-state index contributed by atoms with van der Waals surface area (Å²) in [4.78, 5) is 39.7. The number of phosphoric acid groups is 1. The molecule has 1 amide bonds. The summed E-state index contributed by atoms with van der Waals surface area (Å²) in [6.45, 7) is 6.48. The maximum Gasteiger partial charge on any atom is 0.306 e. The summed E-state index contributed by atoms with van der Waals surface area (Å²) in [6.07, 6.45) is 64.5. The van der Waals surface area contributed by atoms with Crippen LogP contribution in [0.3, 0.4) is 0 Å². The highest BCUT2D eigenvalue weighted by atomic mass is 31.2. The summed E-state index contributed by atoms with van der Waals surface area (Å²) in [6, 6.07) is -0.928. The number of esters is 1. The van der Waals surface area contributed by atoms with Crippen molar-refractivity contribution in [1.29, 1.82) is 0 Å². The first-order valence-electron chi connectivity index (χ1n) is 26.4. The Labute approximate surface area is 416 Å². The van der Waals surface area contributed by atoms with Gasteiger partial charge in [0.15, 0.2) is 0 Å². The number of unbranched alkanes of at least 4 members (excludes halogenated alkanes) is 16. The van der Waals surface area contributed by atoms with Crippen molar-refractivity contribution >= 4 is 19.7 Å². The predicted octanol–water partition coefficient (Wildman–Crippen LogP) is 15.0. The van der Waals surface area contributed by atoms with E-state index in [2.05, 4.69) is 74.7 Å². The van der Waals surface area contributed by atoms with Crippen molar-refractivity contribution in [2.75, 3.05) is 40.9 Å². The Morgan fingerprint density at radius 3 is 1.60 bits per heavy atom. The maximum absolute atomic E-state index is 13.4. The van der Waals surface area contributed by atoms with E-state index >= 15 is 0 Å². The summed E-state index contributed by atoms with van der Waals surface area (Å²) in [5.41, 5.74) is 0. The van der Waals surface area contributed by atoms with Crippen molar-refractivity contribution < 1.29 is 37.3 Å². The molecule has 0 radical (unpaired) electrons. The molecule has 0 aromatic heterocycles. The van der Waals surface area contributed by atoms with Crippen molar-refractivity contribution in [3.8, 4) is 0 Å². The van der Waals surface area contributed by atoms with Crippen LogP contribution in [0.15, 0.2) is 122 Å². The van der Waals surface area contributed by atoms with E-state index in [-0.39, 0.29) is 31.3 Å². The first kappa shape index (κ1) is 64.4. The molecule has 0 aliphatic carbocycles. The molecule has 0 saturated heterocycles. The van der Waals surface area contributed by atoms with E-state index in [0.29, 0.717) is 23.9 Å². The van der Waals surface area contributed by atoms with E-state index in [1.54, 1.807) is 6.08 Å². The molecular weight excluding hydrogens is 868 g/mol. The predicted molar refractivity (Wildman–Crippen MR) is 288 cm³/mol. The van der Waals surface area contributed by atoms with Crippen LogP contribution in [0.1, 0.15) is 181 Å². The number of likely N-dealkylation sites (N-methyl/N-ethyl adjacent to an activating group) is 1. The number of hydrogen-bond donors (Lipinski definition) is 1. The number of amides is 1. The SMILES string of the molecule is CC\C=C/C=C/C=C/C=C\C=C\C=C\CCCCCC(=O)NC(COP(=O)([O-])OCC[N+](C)(C)C)C(/C=C/CCCCCCCCCCC)OC(=O)CCCCCC/C=C/C/C=C/C/C=C/CC. The molecule has 3 atom stereocenters. The molecule has 0 aliphatic heterocycles. The van der Waals surface area contributed by atoms with Crippen molar-refractivity contribution in [2.45, 2.75) is 193 Å². The van der Waals surface area contributed by atoms with Crippen LogP contribution < -0.4 is 10.2 Å². The zero-order valence-corrected chi connectivity index (χ0v) is 44.6. The number of ether oxygens (including phenoxy) is 1. The molecule has 0 aromatic carbocycles. The maximum atomic E-state index is 13.4. The van der Waals surface area contributed by atoms with Gasteiger partial charge in [0.1, 0.15) is 19.3 Å². The lowest BCUT2D eigenvalue weighted by molar-refractivity contribution is -0.870. The molecule has 0 aliphatic rings. The highest BCUT2D eigenvalue weighted by Gasteiger charge is 2.27. The first-order valence-corrected chi connectivity index (χ1v) is 27.9. The van der Waals surface area contributed by atoms with Crippen LogP contribution in [0.4, 0.5) is 0 Å². The van der Waals surface area contributed by atoms with Crippen LogP contribution in [0.25, 0.3) is 0 Å². The van der Waals surface area contributed by atoms with Gasteiger partial charge in [-0.3, -0.25) is 14.2 Å². The molecule has 9 nitrogen and oxygen atoms in total. The zero-order chi connectivity index (χ0) is 50.1. The van der Waals surface area contributed by atoms with Crippen molar-refractivity contribution in [3.63, 3.8) is 0 Å². The number of allylic oxidation sites excluding steroid dienone is 19. The van der Waals surface area contributed by atoms with Gasteiger partial charge < -0.3 is 28.5 Å². The molecule has 1 N–H and O–H groups in total. The van der Waals surface area contributed by atoms with Crippen molar-refractivity contribution in [2.24, 2.45) is 0 Å². The van der Waals surface area contributed by atoms with Crippen molar-refractivity contribution in [3.05, 3.63) is 122 Å². The Bertz CT molecular complexity index is 1580. The van der Waals surface area contributed by atoms with Gasteiger partial charge in [0.25, 0.3) is 7.82 Å². The summed E-state index contributed by atoms with van der Waals surface area (Å²) < 4.78 is 30.1. The first-order chi connectivity index (χ1) is 32.9. The molecule has 386 valence electrons. The smallest absolute Gasteiger partial charge is 0.306 e. The molecule has 10 heteroatoms. The number of nitrogens with zero attached hydrogens (tertiary/aromatic N) is 1. The Hall–Kier alpha value is -3.59. The fourth-order valence-electron chi connectivity index (χ4n) is 6.74. The number of hydrogen-bond acceptors (Lipinski definition) is 7. The Morgan fingerprint density at radius 2 is 1.01 bits per heavy atom. The number of phosphoric ester groups is 1. The van der Waals surface area contributed by atoms with E-state index in [0.717, 1.165) is 89.9 Å². The van der Waals surface area contributed by atoms with Crippen LogP contribution in [-0.2, 0) is 27.9 Å². The van der Waals surface area contributed by atoms with Crippen LogP contribution in [0.5, 0.6) is 0 Å². The molecular formula is C58H97N2O7P. The fraction of sp³-hybridized carbons (Fsp3) is 0.621. The van der Waals surface area contributed by atoms with E-state index in [4.69, 9.17) is 13.8 Å². The molecule has 0 spiro atoms. The van der Waals surface area contributed by atoms with Crippen LogP contribution in [-0.4, -0.2) is 69.4 Å². The molecule has 0 heterocycles. The van der Waals surface area contributed by atoms with E-state index < -0.39 is 26.6 Å².